The highest BCUT2D eigenvalue weighted by atomic mass is 16.5. The van der Waals surface area contributed by atoms with Gasteiger partial charge in [-0.1, -0.05) is 39.8 Å². The molecule has 0 heterocycles. The Morgan fingerprint density at radius 1 is 0.667 bits per heavy atom. The molecular formula is C26H38O4. The molecule has 30 heavy (non-hydrogen) atoms. The number of hydrogen-bond donors (Lipinski definition) is 0. The molecule has 2 aromatic carbocycles. The Labute approximate surface area is 182 Å². The zero-order chi connectivity index (χ0) is 22.3. The zero-order valence-corrected chi connectivity index (χ0v) is 19.9. The van der Waals surface area contributed by atoms with E-state index in [1.54, 1.807) is 28.4 Å². The fraction of sp³-hybridized carbons (Fsp3) is 0.538. The van der Waals surface area contributed by atoms with Gasteiger partial charge in [-0.15, -0.1) is 0 Å². The first kappa shape index (κ1) is 23.9. The summed E-state index contributed by atoms with van der Waals surface area (Å²) in [6, 6.07) is 12.0. The van der Waals surface area contributed by atoms with E-state index in [4.69, 9.17) is 18.9 Å². The molecule has 2 aromatic rings. The van der Waals surface area contributed by atoms with E-state index < -0.39 is 0 Å². The normalized spacial score (nSPS) is 12.6. The third kappa shape index (κ3) is 6.07. The summed E-state index contributed by atoms with van der Waals surface area (Å²) in [5.74, 6) is 4.32. The first-order valence-corrected chi connectivity index (χ1v) is 10.6. The van der Waals surface area contributed by atoms with Gasteiger partial charge in [-0.2, -0.15) is 0 Å². The Hall–Kier alpha value is -2.36. The lowest BCUT2D eigenvalue weighted by atomic mass is 9.75. The van der Waals surface area contributed by atoms with Crippen LogP contribution in [0.4, 0.5) is 0 Å². The number of ether oxygens (including phenoxy) is 4. The standard InChI is InChI=1S/C26H38O4/c1-18(17-26(2,3)4)19(15-20-22(27-5)11-9-12-23(20)28-6)16-21-24(29-7)13-10-14-25(21)30-8/h9-14,18-19H,15-17H2,1-8H3. The SMILES string of the molecule is COc1cccc(OC)c1CC(Cc1c(OC)cccc1OC)C(C)CC(C)(C)C. The fourth-order valence-electron chi connectivity index (χ4n) is 4.39. The Morgan fingerprint density at radius 3 is 1.27 bits per heavy atom. The maximum Gasteiger partial charge on any atom is 0.125 e. The highest BCUT2D eigenvalue weighted by Crippen LogP contribution is 2.40. The van der Waals surface area contributed by atoms with E-state index in [1.807, 2.05) is 36.4 Å². The van der Waals surface area contributed by atoms with Gasteiger partial charge >= 0.3 is 0 Å². The topological polar surface area (TPSA) is 36.9 Å². The average molecular weight is 415 g/mol. The highest BCUT2D eigenvalue weighted by Gasteiger charge is 2.28. The molecule has 0 bridgehead atoms. The predicted octanol–water partition coefficient (Wildman–Crippen LogP) is 6.19. The molecule has 0 aliphatic carbocycles. The predicted molar refractivity (Wildman–Crippen MR) is 123 cm³/mol. The number of rotatable bonds is 10. The van der Waals surface area contributed by atoms with Crippen molar-refractivity contribution in [3.8, 4) is 23.0 Å². The molecule has 0 aliphatic heterocycles. The molecule has 0 N–H and O–H groups in total. The van der Waals surface area contributed by atoms with E-state index in [-0.39, 0.29) is 5.41 Å². The van der Waals surface area contributed by atoms with Crippen LogP contribution >= 0.6 is 0 Å². The smallest absolute Gasteiger partial charge is 0.125 e. The van der Waals surface area contributed by atoms with Gasteiger partial charge in [-0.3, -0.25) is 0 Å². The van der Waals surface area contributed by atoms with Gasteiger partial charge in [0, 0.05) is 11.1 Å². The second-order valence-electron chi connectivity index (χ2n) is 9.19. The molecule has 4 heteroatoms. The molecule has 1 atom stereocenters. The minimum absolute atomic E-state index is 0.243. The van der Waals surface area contributed by atoms with Gasteiger partial charge in [-0.05, 0) is 60.8 Å². The summed E-state index contributed by atoms with van der Waals surface area (Å²) in [5.41, 5.74) is 2.47. The molecule has 0 amide bonds. The average Bonchev–Trinajstić information content (AvgIpc) is 2.71. The lowest BCUT2D eigenvalue weighted by Gasteiger charge is -2.31. The van der Waals surface area contributed by atoms with Crippen LogP contribution in [0.5, 0.6) is 23.0 Å². The molecule has 0 aliphatic rings. The van der Waals surface area contributed by atoms with Crippen LogP contribution in [0.2, 0.25) is 0 Å². The summed E-state index contributed by atoms with van der Waals surface area (Å²) in [6.45, 7) is 9.25. The summed E-state index contributed by atoms with van der Waals surface area (Å²) < 4.78 is 22.7. The molecule has 0 saturated heterocycles. The van der Waals surface area contributed by atoms with E-state index in [9.17, 15) is 0 Å². The van der Waals surface area contributed by atoms with Crippen LogP contribution in [-0.4, -0.2) is 28.4 Å². The van der Waals surface area contributed by atoms with Gasteiger partial charge in [0.25, 0.3) is 0 Å². The van der Waals surface area contributed by atoms with Crippen molar-refractivity contribution in [1.29, 1.82) is 0 Å². The van der Waals surface area contributed by atoms with Gasteiger partial charge < -0.3 is 18.9 Å². The molecule has 166 valence electrons. The van der Waals surface area contributed by atoms with Crippen LogP contribution in [-0.2, 0) is 12.8 Å². The maximum atomic E-state index is 5.68. The Morgan fingerprint density at radius 2 is 1.00 bits per heavy atom. The minimum atomic E-state index is 0.243. The first-order chi connectivity index (χ1) is 14.2. The lowest BCUT2D eigenvalue weighted by Crippen LogP contribution is -2.23. The van der Waals surface area contributed by atoms with Crippen molar-refractivity contribution in [2.24, 2.45) is 17.3 Å². The number of benzene rings is 2. The van der Waals surface area contributed by atoms with Gasteiger partial charge in [0.15, 0.2) is 0 Å². The largest absolute Gasteiger partial charge is 0.496 e. The van der Waals surface area contributed by atoms with Crippen molar-refractivity contribution in [1.82, 2.24) is 0 Å². The highest BCUT2D eigenvalue weighted by molar-refractivity contribution is 5.47. The Kier molecular flexibility index (Phi) is 8.45. The van der Waals surface area contributed by atoms with Crippen molar-refractivity contribution < 1.29 is 18.9 Å². The maximum absolute atomic E-state index is 5.68. The van der Waals surface area contributed by atoms with Crippen molar-refractivity contribution in [3.05, 3.63) is 47.5 Å². The molecule has 4 nitrogen and oxygen atoms in total. The molecule has 1 unspecified atom stereocenters. The molecule has 2 rings (SSSR count). The molecule has 0 spiro atoms. The van der Waals surface area contributed by atoms with E-state index in [0.29, 0.717) is 11.8 Å². The van der Waals surface area contributed by atoms with Crippen LogP contribution in [0.25, 0.3) is 0 Å². The summed E-state index contributed by atoms with van der Waals surface area (Å²) in [5, 5.41) is 0. The molecule has 0 radical (unpaired) electrons. The van der Waals surface area contributed by atoms with Gasteiger partial charge in [-0.25, -0.2) is 0 Å². The monoisotopic (exact) mass is 414 g/mol. The molecule has 0 saturated carbocycles. The number of hydrogen-bond acceptors (Lipinski definition) is 4. The van der Waals surface area contributed by atoms with Crippen LogP contribution < -0.4 is 18.9 Å². The summed E-state index contributed by atoms with van der Waals surface area (Å²) in [4.78, 5) is 0. The zero-order valence-electron chi connectivity index (χ0n) is 19.9. The van der Waals surface area contributed by atoms with Crippen LogP contribution in [0, 0.1) is 17.3 Å². The van der Waals surface area contributed by atoms with Crippen molar-refractivity contribution in [3.63, 3.8) is 0 Å². The van der Waals surface area contributed by atoms with Crippen LogP contribution in [0.15, 0.2) is 36.4 Å². The van der Waals surface area contributed by atoms with Crippen LogP contribution in [0.3, 0.4) is 0 Å². The Balaban J connectivity index is 2.48. The van der Waals surface area contributed by atoms with Crippen molar-refractivity contribution in [2.75, 3.05) is 28.4 Å². The molecule has 0 aromatic heterocycles. The second kappa shape index (κ2) is 10.6. The fourth-order valence-corrected chi connectivity index (χ4v) is 4.39. The van der Waals surface area contributed by atoms with E-state index in [1.165, 1.54) is 0 Å². The first-order valence-electron chi connectivity index (χ1n) is 10.6. The van der Waals surface area contributed by atoms with Crippen LogP contribution in [0.1, 0.15) is 45.2 Å². The van der Waals surface area contributed by atoms with E-state index >= 15 is 0 Å². The minimum Gasteiger partial charge on any atom is -0.496 e. The van der Waals surface area contributed by atoms with Gasteiger partial charge in [0.05, 0.1) is 28.4 Å². The van der Waals surface area contributed by atoms with E-state index in [0.717, 1.165) is 53.4 Å². The molecule has 0 fully saturated rings. The quantitative estimate of drug-likeness (QED) is 0.464. The summed E-state index contributed by atoms with van der Waals surface area (Å²) >= 11 is 0. The lowest BCUT2D eigenvalue weighted by molar-refractivity contribution is 0.230. The van der Waals surface area contributed by atoms with E-state index in [2.05, 4.69) is 27.7 Å². The Bertz CT molecular complexity index is 705. The van der Waals surface area contributed by atoms with Crippen molar-refractivity contribution >= 4 is 0 Å². The number of methoxy groups -OCH3 is 4. The summed E-state index contributed by atoms with van der Waals surface area (Å²) in [6.07, 6.45) is 2.82. The summed E-state index contributed by atoms with van der Waals surface area (Å²) in [7, 11) is 6.87. The third-order valence-corrected chi connectivity index (χ3v) is 5.73. The van der Waals surface area contributed by atoms with Gasteiger partial charge in [0.2, 0.25) is 0 Å². The van der Waals surface area contributed by atoms with Gasteiger partial charge in [0.1, 0.15) is 23.0 Å². The van der Waals surface area contributed by atoms with Crippen molar-refractivity contribution in [2.45, 2.75) is 47.0 Å². The second-order valence-corrected chi connectivity index (χ2v) is 9.19. The third-order valence-electron chi connectivity index (χ3n) is 5.73. The molecular weight excluding hydrogens is 376 g/mol.